The Kier molecular flexibility index (Phi) is 3.40. The van der Waals surface area contributed by atoms with Gasteiger partial charge in [0, 0.05) is 18.7 Å². The minimum absolute atomic E-state index is 0.0361. The van der Waals surface area contributed by atoms with Crippen molar-refractivity contribution in [1.82, 2.24) is 5.32 Å². The van der Waals surface area contributed by atoms with E-state index in [2.05, 4.69) is 26.1 Å². The van der Waals surface area contributed by atoms with Gasteiger partial charge in [0.25, 0.3) is 0 Å². The summed E-state index contributed by atoms with van der Waals surface area (Å²) in [6.45, 7) is 8.66. The number of rotatable bonds is 1. The maximum Gasteiger partial charge on any atom is 0.125 e. The van der Waals surface area contributed by atoms with Gasteiger partial charge in [0.05, 0.1) is 12.7 Å². The first-order chi connectivity index (χ1) is 8.00. The molecule has 0 spiro atoms. The van der Waals surface area contributed by atoms with E-state index in [0.29, 0.717) is 12.4 Å². The number of hydrogen-bond acceptors (Lipinski definition) is 3. The van der Waals surface area contributed by atoms with Crippen LogP contribution in [-0.2, 0) is 10.2 Å². The molecule has 0 amide bonds. The van der Waals surface area contributed by atoms with Crippen LogP contribution in [0.15, 0.2) is 18.2 Å². The van der Waals surface area contributed by atoms with Gasteiger partial charge in [0.1, 0.15) is 5.75 Å². The first kappa shape index (κ1) is 12.4. The maximum atomic E-state index is 10.4. The Hall–Kier alpha value is -1.06. The maximum absolute atomic E-state index is 10.4. The van der Waals surface area contributed by atoms with Gasteiger partial charge >= 0.3 is 0 Å². The van der Waals surface area contributed by atoms with Crippen LogP contribution in [0.2, 0.25) is 0 Å². The molecule has 1 aromatic rings. The molecule has 94 valence electrons. The Morgan fingerprint density at radius 2 is 2.12 bits per heavy atom. The van der Waals surface area contributed by atoms with E-state index < -0.39 is 0 Å². The molecule has 1 aliphatic rings. The van der Waals surface area contributed by atoms with E-state index >= 15 is 0 Å². The van der Waals surface area contributed by atoms with Crippen LogP contribution in [0.4, 0.5) is 0 Å². The molecule has 1 saturated heterocycles. The van der Waals surface area contributed by atoms with E-state index in [0.717, 1.165) is 24.2 Å². The number of ether oxygens (including phenoxy) is 1. The van der Waals surface area contributed by atoms with Crippen LogP contribution in [0.3, 0.4) is 0 Å². The van der Waals surface area contributed by atoms with Gasteiger partial charge < -0.3 is 15.2 Å². The molecule has 0 aliphatic carbocycles. The first-order valence-electron chi connectivity index (χ1n) is 6.15. The lowest BCUT2D eigenvalue weighted by molar-refractivity contribution is 0.0262. The molecule has 0 bridgehead atoms. The molecule has 17 heavy (non-hydrogen) atoms. The second-order valence-electron chi connectivity index (χ2n) is 5.56. The lowest BCUT2D eigenvalue weighted by atomic mass is 9.84. The minimum Gasteiger partial charge on any atom is -0.507 e. The number of benzene rings is 1. The van der Waals surface area contributed by atoms with Crippen LogP contribution in [-0.4, -0.2) is 24.8 Å². The molecule has 0 aromatic heterocycles. The van der Waals surface area contributed by atoms with E-state index in [9.17, 15) is 5.11 Å². The Bertz CT molecular complexity index is 390. The fraction of sp³-hybridized carbons (Fsp3) is 0.571. The van der Waals surface area contributed by atoms with Crippen LogP contribution in [0.1, 0.15) is 38.0 Å². The normalized spacial score (nSPS) is 21.5. The number of phenols is 1. The smallest absolute Gasteiger partial charge is 0.125 e. The van der Waals surface area contributed by atoms with E-state index in [-0.39, 0.29) is 11.5 Å². The summed E-state index contributed by atoms with van der Waals surface area (Å²) in [6, 6.07) is 5.92. The summed E-state index contributed by atoms with van der Waals surface area (Å²) in [7, 11) is 0. The zero-order chi connectivity index (χ0) is 12.5. The SMILES string of the molecule is CC(C)(C)c1cccc(C2CNCCO2)c1O. The Morgan fingerprint density at radius 1 is 1.35 bits per heavy atom. The van der Waals surface area contributed by atoms with Crippen molar-refractivity contribution in [2.24, 2.45) is 0 Å². The summed E-state index contributed by atoms with van der Waals surface area (Å²) in [5, 5.41) is 13.7. The highest BCUT2D eigenvalue weighted by Gasteiger charge is 2.24. The van der Waals surface area contributed by atoms with E-state index in [1.807, 2.05) is 18.2 Å². The Morgan fingerprint density at radius 3 is 2.71 bits per heavy atom. The standard InChI is InChI=1S/C14H21NO2/c1-14(2,3)11-6-4-5-10(13(11)16)12-9-15-7-8-17-12/h4-6,12,15-16H,7-9H2,1-3H3. The van der Waals surface area contributed by atoms with E-state index in [1.165, 1.54) is 0 Å². The van der Waals surface area contributed by atoms with Gasteiger partial charge in [-0.1, -0.05) is 39.0 Å². The molecule has 3 heteroatoms. The van der Waals surface area contributed by atoms with Crippen molar-refractivity contribution in [3.63, 3.8) is 0 Å². The third-order valence-electron chi connectivity index (χ3n) is 3.15. The van der Waals surface area contributed by atoms with Crippen LogP contribution >= 0.6 is 0 Å². The van der Waals surface area contributed by atoms with E-state index in [4.69, 9.17) is 4.74 Å². The van der Waals surface area contributed by atoms with E-state index in [1.54, 1.807) is 0 Å². The molecule has 1 atom stereocenters. The van der Waals surface area contributed by atoms with Crippen molar-refractivity contribution >= 4 is 0 Å². The predicted octanol–water partition coefficient (Wildman–Crippen LogP) is 2.35. The van der Waals surface area contributed by atoms with Crippen LogP contribution in [0, 0.1) is 0 Å². The highest BCUT2D eigenvalue weighted by Crippen LogP contribution is 2.36. The van der Waals surface area contributed by atoms with Crippen LogP contribution < -0.4 is 5.32 Å². The minimum atomic E-state index is -0.0534. The van der Waals surface area contributed by atoms with Gasteiger partial charge in [0.2, 0.25) is 0 Å². The predicted molar refractivity (Wildman–Crippen MR) is 68.4 cm³/mol. The van der Waals surface area contributed by atoms with Crippen molar-refractivity contribution in [3.8, 4) is 5.75 Å². The topological polar surface area (TPSA) is 41.5 Å². The monoisotopic (exact) mass is 235 g/mol. The number of nitrogens with one attached hydrogen (secondary N) is 1. The van der Waals surface area contributed by atoms with Gasteiger partial charge in [-0.05, 0) is 11.0 Å². The quantitative estimate of drug-likeness (QED) is 0.785. The summed E-state index contributed by atoms with van der Waals surface area (Å²) >= 11 is 0. The fourth-order valence-corrected chi connectivity index (χ4v) is 2.19. The summed E-state index contributed by atoms with van der Waals surface area (Å²) in [4.78, 5) is 0. The molecular weight excluding hydrogens is 214 g/mol. The number of aromatic hydroxyl groups is 1. The average Bonchev–Trinajstić information content (AvgIpc) is 2.29. The molecule has 1 fully saturated rings. The van der Waals surface area contributed by atoms with Crippen molar-refractivity contribution in [1.29, 1.82) is 0 Å². The highest BCUT2D eigenvalue weighted by atomic mass is 16.5. The van der Waals surface area contributed by atoms with Crippen LogP contribution in [0.5, 0.6) is 5.75 Å². The van der Waals surface area contributed by atoms with Crippen molar-refractivity contribution in [3.05, 3.63) is 29.3 Å². The van der Waals surface area contributed by atoms with Gasteiger partial charge in [-0.15, -0.1) is 0 Å². The molecule has 3 nitrogen and oxygen atoms in total. The third-order valence-corrected chi connectivity index (χ3v) is 3.15. The molecule has 0 saturated carbocycles. The molecule has 1 aromatic carbocycles. The molecule has 1 heterocycles. The molecular formula is C14H21NO2. The lowest BCUT2D eigenvalue weighted by Gasteiger charge is -2.27. The van der Waals surface area contributed by atoms with Crippen molar-refractivity contribution in [2.45, 2.75) is 32.3 Å². The third kappa shape index (κ3) is 2.61. The second kappa shape index (κ2) is 4.67. The van der Waals surface area contributed by atoms with Gasteiger partial charge in [0.15, 0.2) is 0 Å². The second-order valence-corrected chi connectivity index (χ2v) is 5.56. The summed E-state index contributed by atoms with van der Waals surface area (Å²) in [5.74, 6) is 0.383. The zero-order valence-corrected chi connectivity index (χ0v) is 10.8. The fourth-order valence-electron chi connectivity index (χ4n) is 2.19. The average molecular weight is 235 g/mol. The molecule has 1 unspecified atom stereocenters. The van der Waals surface area contributed by atoms with Gasteiger partial charge in [-0.3, -0.25) is 0 Å². The van der Waals surface area contributed by atoms with Crippen LogP contribution in [0.25, 0.3) is 0 Å². The first-order valence-corrected chi connectivity index (χ1v) is 6.15. The number of hydrogen-bond donors (Lipinski definition) is 2. The molecule has 0 radical (unpaired) electrons. The summed E-state index contributed by atoms with van der Waals surface area (Å²) in [6.07, 6.45) is -0.0361. The van der Waals surface area contributed by atoms with Crippen molar-refractivity contribution in [2.75, 3.05) is 19.7 Å². The largest absolute Gasteiger partial charge is 0.507 e. The van der Waals surface area contributed by atoms with Gasteiger partial charge in [-0.2, -0.15) is 0 Å². The molecule has 1 aliphatic heterocycles. The number of phenolic OH excluding ortho intramolecular Hbond substituents is 1. The molecule has 2 N–H and O–H groups in total. The Labute approximate surface area is 103 Å². The van der Waals surface area contributed by atoms with Gasteiger partial charge in [-0.25, -0.2) is 0 Å². The Balaban J connectivity index is 2.35. The zero-order valence-electron chi connectivity index (χ0n) is 10.8. The lowest BCUT2D eigenvalue weighted by Crippen LogP contribution is -2.33. The molecule has 2 rings (SSSR count). The summed E-state index contributed by atoms with van der Waals surface area (Å²) < 4.78 is 5.69. The number of para-hydroxylation sites is 1. The summed E-state index contributed by atoms with van der Waals surface area (Å²) in [5.41, 5.74) is 1.82. The highest BCUT2D eigenvalue weighted by molar-refractivity contribution is 5.45. The van der Waals surface area contributed by atoms with Crippen molar-refractivity contribution < 1.29 is 9.84 Å². The number of morpholine rings is 1.